The van der Waals surface area contributed by atoms with E-state index in [-0.39, 0.29) is 18.3 Å². The van der Waals surface area contributed by atoms with Crippen molar-refractivity contribution in [3.63, 3.8) is 0 Å². The van der Waals surface area contributed by atoms with Crippen molar-refractivity contribution in [2.45, 2.75) is 44.2 Å². The number of aromatic amines is 1. The third kappa shape index (κ3) is 2.64. The molecule has 0 amide bonds. The second-order valence-corrected chi connectivity index (χ2v) is 7.96. The van der Waals surface area contributed by atoms with Crippen molar-refractivity contribution in [1.82, 2.24) is 9.88 Å². The van der Waals surface area contributed by atoms with E-state index in [1.165, 1.54) is 0 Å². The van der Waals surface area contributed by atoms with Crippen LogP contribution in [0, 0.1) is 12.3 Å². The molecule has 138 valence electrons. The molecule has 1 atom stereocenters. The van der Waals surface area contributed by atoms with Crippen molar-refractivity contribution < 1.29 is 18.6 Å². The molecule has 1 saturated heterocycles. The van der Waals surface area contributed by atoms with E-state index in [1.807, 2.05) is 19.1 Å². The Bertz CT molecular complexity index is 831. The molecule has 4 rings (SSSR count). The smallest absolute Gasteiger partial charge is 0.249 e. The average Bonchev–Trinajstić information content (AvgIpc) is 3.02. The van der Waals surface area contributed by atoms with Gasteiger partial charge >= 0.3 is 0 Å². The molecule has 2 N–H and O–H groups in total. The maximum absolute atomic E-state index is 13.3. The predicted molar refractivity (Wildman–Crippen MR) is 96.7 cm³/mol. The monoisotopic (exact) mass is 360 g/mol. The summed E-state index contributed by atoms with van der Waals surface area (Å²) >= 11 is 0. The van der Waals surface area contributed by atoms with Gasteiger partial charge in [0.1, 0.15) is 19.2 Å². The van der Waals surface area contributed by atoms with Crippen LogP contribution >= 0.6 is 0 Å². The first kappa shape index (κ1) is 17.8. The summed E-state index contributed by atoms with van der Waals surface area (Å²) in [5, 5.41) is 12.1. The number of alkyl halides is 2. The molecule has 1 aliphatic carbocycles. The largest absolute Gasteiger partial charge is 0.496 e. The topological polar surface area (TPSA) is 48.5 Å². The van der Waals surface area contributed by atoms with Crippen LogP contribution in [0.2, 0.25) is 0 Å². The Balaban J connectivity index is 1.65. The number of aryl methyl sites for hydroxylation is 1. The zero-order valence-corrected chi connectivity index (χ0v) is 15.1. The van der Waals surface area contributed by atoms with Gasteiger partial charge < -0.3 is 14.8 Å². The zero-order valence-electron chi connectivity index (χ0n) is 15.1. The fourth-order valence-corrected chi connectivity index (χ4v) is 4.80. The van der Waals surface area contributed by atoms with Gasteiger partial charge in [0.25, 0.3) is 0 Å². The van der Waals surface area contributed by atoms with E-state index in [0.29, 0.717) is 37.2 Å². The molecule has 2 aliphatic rings. The minimum Gasteiger partial charge on any atom is -0.496 e. The first-order valence-corrected chi connectivity index (χ1v) is 8.97. The minimum atomic E-state index is -2.53. The van der Waals surface area contributed by atoms with Crippen molar-refractivity contribution in [2.24, 2.45) is 5.41 Å². The highest BCUT2D eigenvalue weighted by atomic mass is 19.3. The van der Waals surface area contributed by atoms with Crippen LogP contribution in [-0.2, 0) is 5.62 Å². The van der Waals surface area contributed by atoms with E-state index in [1.54, 1.807) is 18.2 Å². The summed E-state index contributed by atoms with van der Waals surface area (Å²) in [5.74, 6) is -2.01. The van der Waals surface area contributed by atoms with Gasteiger partial charge in [0, 0.05) is 48.6 Å². The Labute approximate surface area is 152 Å². The molecule has 26 heavy (non-hydrogen) atoms. The lowest BCUT2D eigenvalue weighted by atomic mass is 9.60. The maximum atomic E-state index is 13.3. The van der Waals surface area contributed by atoms with Gasteiger partial charge in [-0.1, -0.05) is 0 Å². The highest BCUT2D eigenvalue weighted by Gasteiger charge is 2.57. The van der Waals surface area contributed by atoms with E-state index in [9.17, 15) is 13.9 Å². The van der Waals surface area contributed by atoms with E-state index in [0.717, 1.165) is 16.5 Å². The van der Waals surface area contributed by atoms with Gasteiger partial charge in [-0.25, -0.2) is 8.78 Å². The number of piperidine rings is 1. The zero-order chi connectivity index (χ0) is 18.7. The van der Waals surface area contributed by atoms with Crippen molar-refractivity contribution >= 4 is 18.7 Å². The number of likely N-dealkylation sites (tertiary alicyclic amines) is 1. The molecule has 1 spiro atoms. The molecule has 1 saturated carbocycles. The first-order chi connectivity index (χ1) is 12.2. The van der Waals surface area contributed by atoms with Gasteiger partial charge in [-0.3, -0.25) is 4.90 Å². The maximum Gasteiger partial charge on any atom is 0.249 e. The lowest BCUT2D eigenvalue weighted by Crippen LogP contribution is -2.57. The van der Waals surface area contributed by atoms with Gasteiger partial charge in [-0.15, -0.1) is 0 Å². The number of nitrogens with zero attached hydrogens (tertiary/aromatic N) is 1. The lowest BCUT2D eigenvalue weighted by Gasteiger charge is -2.54. The fourth-order valence-electron chi connectivity index (χ4n) is 4.80. The number of methoxy groups -OCH3 is 1. The van der Waals surface area contributed by atoms with Crippen LogP contribution in [0.3, 0.4) is 0 Å². The quantitative estimate of drug-likeness (QED) is 0.826. The SMILES string of the molecule is [B]C(O)(c1c(OC)cc(C)c2[nH]ccc12)N1CCC2(CC1)CC(F)(F)C2. The van der Waals surface area contributed by atoms with Gasteiger partial charge in [0.2, 0.25) is 5.92 Å². The second-order valence-electron chi connectivity index (χ2n) is 7.96. The number of halogens is 2. The molecular weight excluding hydrogens is 337 g/mol. The van der Waals surface area contributed by atoms with Crippen molar-refractivity contribution in [1.29, 1.82) is 0 Å². The number of benzene rings is 1. The average molecular weight is 360 g/mol. The second kappa shape index (κ2) is 5.70. The number of hydrogen-bond acceptors (Lipinski definition) is 3. The summed E-state index contributed by atoms with van der Waals surface area (Å²) in [6, 6.07) is 3.72. The van der Waals surface area contributed by atoms with E-state index < -0.39 is 11.5 Å². The predicted octanol–water partition coefficient (Wildman–Crippen LogP) is 3.27. The normalized spacial score (nSPS) is 24.3. The van der Waals surface area contributed by atoms with Gasteiger partial charge in [-0.05, 0) is 42.9 Å². The van der Waals surface area contributed by atoms with Gasteiger partial charge in [-0.2, -0.15) is 0 Å². The summed E-state index contributed by atoms with van der Waals surface area (Å²) in [6.45, 7) is 2.92. The third-order valence-corrected chi connectivity index (χ3v) is 6.17. The van der Waals surface area contributed by atoms with Crippen LogP contribution in [0.5, 0.6) is 5.75 Å². The number of hydrogen-bond donors (Lipinski definition) is 2. The molecule has 1 aromatic heterocycles. The Morgan fingerprint density at radius 2 is 1.96 bits per heavy atom. The van der Waals surface area contributed by atoms with Crippen LogP contribution in [0.4, 0.5) is 8.78 Å². The Hall–Kier alpha value is -1.60. The van der Waals surface area contributed by atoms with Crippen LogP contribution in [0.15, 0.2) is 18.3 Å². The highest BCUT2D eigenvalue weighted by molar-refractivity contribution is 6.16. The Morgan fingerprint density at radius 1 is 1.31 bits per heavy atom. The first-order valence-electron chi connectivity index (χ1n) is 8.97. The highest BCUT2D eigenvalue weighted by Crippen LogP contribution is 2.58. The molecule has 2 aromatic rings. The number of aliphatic hydroxyl groups is 1. The summed E-state index contributed by atoms with van der Waals surface area (Å²) < 4.78 is 32.2. The van der Waals surface area contributed by atoms with E-state index >= 15 is 0 Å². The number of nitrogens with one attached hydrogen (secondary N) is 1. The molecule has 2 fully saturated rings. The van der Waals surface area contributed by atoms with Crippen molar-refractivity contribution in [2.75, 3.05) is 20.2 Å². The number of H-pyrrole nitrogens is 1. The number of rotatable bonds is 3. The lowest BCUT2D eigenvalue weighted by molar-refractivity contribution is -0.189. The third-order valence-electron chi connectivity index (χ3n) is 6.17. The van der Waals surface area contributed by atoms with Crippen LogP contribution in [-0.4, -0.2) is 49.0 Å². The number of fused-ring (bicyclic) bond motifs is 1. The number of ether oxygens (including phenoxy) is 1. The molecule has 2 heterocycles. The molecule has 1 aliphatic heterocycles. The van der Waals surface area contributed by atoms with Gasteiger partial charge in [0.15, 0.2) is 0 Å². The Morgan fingerprint density at radius 3 is 2.54 bits per heavy atom. The summed E-state index contributed by atoms with van der Waals surface area (Å²) in [6.07, 6.45) is 2.94. The van der Waals surface area contributed by atoms with Crippen molar-refractivity contribution in [3.05, 3.63) is 29.5 Å². The van der Waals surface area contributed by atoms with E-state index in [2.05, 4.69) is 4.98 Å². The summed E-state index contributed by atoms with van der Waals surface area (Å²) in [5.41, 5.74) is 0.383. The van der Waals surface area contributed by atoms with Gasteiger partial charge in [0.05, 0.1) is 7.11 Å². The molecule has 1 unspecified atom stereocenters. The van der Waals surface area contributed by atoms with Crippen molar-refractivity contribution in [3.8, 4) is 5.75 Å². The Kier molecular flexibility index (Phi) is 3.90. The van der Waals surface area contributed by atoms with Crippen LogP contribution < -0.4 is 4.74 Å². The number of aromatic nitrogens is 1. The molecule has 4 nitrogen and oxygen atoms in total. The molecule has 1 aromatic carbocycles. The molecule has 0 bridgehead atoms. The van der Waals surface area contributed by atoms with Crippen LogP contribution in [0.1, 0.15) is 36.8 Å². The van der Waals surface area contributed by atoms with E-state index in [4.69, 9.17) is 12.6 Å². The standard InChI is InChI=1S/C19H23BF2N2O2/c1-12-9-14(26-2)15(13-3-6-23-16(12)13)19(20,25)24-7-4-17(5-8-24)10-18(21,22)11-17/h3,6,9,23,25H,4-5,7-8,10-11H2,1-2H3. The minimum absolute atomic E-state index is 0.0489. The van der Waals surface area contributed by atoms with Crippen LogP contribution in [0.25, 0.3) is 10.9 Å². The molecule has 2 radical (unpaired) electrons. The summed E-state index contributed by atoms with van der Waals surface area (Å²) in [7, 11) is 7.96. The fraction of sp³-hybridized carbons (Fsp3) is 0.579. The molecular formula is C19H23BF2N2O2. The molecule has 7 heteroatoms. The summed E-state index contributed by atoms with van der Waals surface area (Å²) in [4.78, 5) is 4.94.